The quantitative estimate of drug-likeness (QED) is 0.660. The fourth-order valence-electron chi connectivity index (χ4n) is 1.43. The first-order chi connectivity index (χ1) is 6.11. The second-order valence-electron chi connectivity index (χ2n) is 3.84. The number of nitrogens with one attached hydrogen (secondary N) is 1. The Kier molecular flexibility index (Phi) is 6.87. The van der Waals surface area contributed by atoms with E-state index in [1.54, 1.807) is 0 Å². The highest BCUT2D eigenvalue weighted by molar-refractivity contribution is 5.81. The molecule has 2 nitrogen and oxygen atoms in total. The van der Waals surface area contributed by atoms with Crippen LogP contribution in [0.5, 0.6) is 0 Å². The minimum Gasteiger partial charge on any atom is -0.314 e. The molecule has 2 heteroatoms. The molecular formula is C11H23NO. The van der Waals surface area contributed by atoms with Gasteiger partial charge in [0.2, 0.25) is 0 Å². The SMILES string of the molecule is CCC(CC)C(=O)CCNC(C)C. The van der Waals surface area contributed by atoms with E-state index in [1.807, 2.05) is 0 Å². The first kappa shape index (κ1) is 12.6. The number of rotatable bonds is 7. The van der Waals surface area contributed by atoms with Gasteiger partial charge >= 0.3 is 0 Å². The van der Waals surface area contributed by atoms with E-state index in [0.717, 1.165) is 19.4 Å². The molecule has 0 aliphatic rings. The maximum absolute atomic E-state index is 11.5. The molecule has 0 aliphatic heterocycles. The van der Waals surface area contributed by atoms with Crippen LogP contribution in [0.2, 0.25) is 0 Å². The summed E-state index contributed by atoms with van der Waals surface area (Å²) in [6.07, 6.45) is 2.65. The molecule has 0 fully saturated rings. The Hall–Kier alpha value is -0.370. The number of ketones is 1. The minimum absolute atomic E-state index is 0.286. The summed E-state index contributed by atoms with van der Waals surface area (Å²) >= 11 is 0. The molecule has 0 rings (SSSR count). The molecule has 0 atom stereocenters. The molecule has 0 bridgehead atoms. The van der Waals surface area contributed by atoms with Gasteiger partial charge in [-0.05, 0) is 12.8 Å². The summed E-state index contributed by atoms with van der Waals surface area (Å²) in [5.74, 6) is 0.701. The zero-order chi connectivity index (χ0) is 10.3. The van der Waals surface area contributed by atoms with Crippen molar-refractivity contribution in [1.29, 1.82) is 0 Å². The Bertz CT molecular complexity index is 139. The lowest BCUT2D eigenvalue weighted by atomic mass is 9.96. The minimum atomic E-state index is 0.286. The largest absolute Gasteiger partial charge is 0.314 e. The lowest BCUT2D eigenvalue weighted by molar-refractivity contribution is -0.122. The second kappa shape index (κ2) is 7.07. The highest BCUT2D eigenvalue weighted by Gasteiger charge is 2.12. The van der Waals surface area contributed by atoms with Crippen molar-refractivity contribution in [3.05, 3.63) is 0 Å². The first-order valence-electron chi connectivity index (χ1n) is 5.37. The molecule has 0 heterocycles. The Labute approximate surface area is 82.1 Å². The van der Waals surface area contributed by atoms with Crippen molar-refractivity contribution in [1.82, 2.24) is 5.32 Å². The monoisotopic (exact) mass is 185 g/mol. The molecule has 78 valence electrons. The standard InChI is InChI=1S/C11H23NO/c1-5-10(6-2)11(13)7-8-12-9(3)4/h9-10,12H,5-8H2,1-4H3. The van der Waals surface area contributed by atoms with Crippen LogP contribution >= 0.6 is 0 Å². The molecule has 13 heavy (non-hydrogen) atoms. The zero-order valence-corrected chi connectivity index (χ0v) is 9.39. The molecule has 0 aromatic heterocycles. The third-order valence-electron chi connectivity index (χ3n) is 2.36. The molecule has 0 aromatic rings. The summed E-state index contributed by atoms with van der Waals surface area (Å²) in [7, 11) is 0. The molecular weight excluding hydrogens is 162 g/mol. The van der Waals surface area contributed by atoms with Gasteiger partial charge in [0.05, 0.1) is 0 Å². The number of hydrogen-bond acceptors (Lipinski definition) is 2. The number of carbonyl (C=O) groups excluding carboxylic acids is 1. The van der Waals surface area contributed by atoms with Crippen LogP contribution in [-0.2, 0) is 4.79 Å². The van der Waals surface area contributed by atoms with E-state index >= 15 is 0 Å². The van der Waals surface area contributed by atoms with Crippen molar-refractivity contribution in [2.75, 3.05) is 6.54 Å². The van der Waals surface area contributed by atoms with E-state index in [-0.39, 0.29) is 5.92 Å². The van der Waals surface area contributed by atoms with Crippen LogP contribution in [-0.4, -0.2) is 18.4 Å². The van der Waals surface area contributed by atoms with Gasteiger partial charge in [0, 0.05) is 24.9 Å². The highest BCUT2D eigenvalue weighted by Crippen LogP contribution is 2.10. The van der Waals surface area contributed by atoms with Crippen LogP contribution in [0.3, 0.4) is 0 Å². The Morgan fingerprint density at radius 3 is 2.15 bits per heavy atom. The third-order valence-corrected chi connectivity index (χ3v) is 2.36. The van der Waals surface area contributed by atoms with Crippen molar-refractivity contribution in [2.24, 2.45) is 5.92 Å². The molecule has 0 saturated carbocycles. The summed E-state index contributed by atoms with van der Waals surface area (Å²) in [4.78, 5) is 11.5. The lowest BCUT2D eigenvalue weighted by Gasteiger charge is -2.12. The molecule has 0 aliphatic carbocycles. The summed E-state index contributed by atoms with van der Waals surface area (Å²) in [6.45, 7) is 9.19. The lowest BCUT2D eigenvalue weighted by Crippen LogP contribution is -2.27. The number of Topliss-reactive ketones (excluding diaryl/α,β-unsaturated/α-hetero) is 1. The van der Waals surface area contributed by atoms with Gasteiger partial charge in [-0.3, -0.25) is 4.79 Å². The van der Waals surface area contributed by atoms with Gasteiger partial charge in [-0.2, -0.15) is 0 Å². The van der Waals surface area contributed by atoms with Crippen LogP contribution in [0, 0.1) is 5.92 Å². The highest BCUT2D eigenvalue weighted by atomic mass is 16.1. The smallest absolute Gasteiger partial charge is 0.137 e. The van der Waals surface area contributed by atoms with Gasteiger partial charge in [0.15, 0.2) is 0 Å². The van der Waals surface area contributed by atoms with Crippen LogP contribution in [0.25, 0.3) is 0 Å². The normalized spacial score (nSPS) is 11.2. The molecule has 0 radical (unpaired) electrons. The van der Waals surface area contributed by atoms with E-state index in [4.69, 9.17) is 0 Å². The average molecular weight is 185 g/mol. The fourth-order valence-corrected chi connectivity index (χ4v) is 1.43. The van der Waals surface area contributed by atoms with Crippen LogP contribution in [0.15, 0.2) is 0 Å². The average Bonchev–Trinajstić information content (AvgIpc) is 2.05. The van der Waals surface area contributed by atoms with E-state index in [2.05, 4.69) is 33.0 Å². The Morgan fingerprint density at radius 1 is 1.23 bits per heavy atom. The molecule has 0 spiro atoms. The van der Waals surface area contributed by atoms with E-state index in [1.165, 1.54) is 0 Å². The van der Waals surface area contributed by atoms with Crippen molar-refractivity contribution in [2.45, 2.75) is 53.0 Å². The van der Waals surface area contributed by atoms with E-state index < -0.39 is 0 Å². The number of carbonyl (C=O) groups is 1. The fraction of sp³-hybridized carbons (Fsp3) is 0.909. The van der Waals surface area contributed by atoms with Gasteiger partial charge in [0.25, 0.3) is 0 Å². The van der Waals surface area contributed by atoms with Crippen molar-refractivity contribution >= 4 is 5.78 Å². The van der Waals surface area contributed by atoms with Gasteiger partial charge < -0.3 is 5.32 Å². The third kappa shape index (κ3) is 5.81. The van der Waals surface area contributed by atoms with Gasteiger partial charge in [-0.15, -0.1) is 0 Å². The summed E-state index contributed by atoms with van der Waals surface area (Å²) in [6, 6.07) is 0.481. The predicted molar refractivity (Wildman–Crippen MR) is 56.8 cm³/mol. The molecule has 1 N–H and O–H groups in total. The Balaban J connectivity index is 3.60. The van der Waals surface area contributed by atoms with Gasteiger partial charge in [-0.25, -0.2) is 0 Å². The topological polar surface area (TPSA) is 29.1 Å². The summed E-state index contributed by atoms with van der Waals surface area (Å²) < 4.78 is 0. The van der Waals surface area contributed by atoms with Gasteiger partial charge in [0.1, 0.15) is 5.78 Å². The van der Waals surface area contributed by atoms with Gasteiger partial charge in [-0.1, -0.05) is 27.7 Å². The summed E-state index contributed by atoms with van der Waals surface area (Å²) in [5.41, 5.74) is 0. The van der Waals surface area contributed by atoms with Crippen LogP contribution in [0.1, 0.15) is 47.0 Å². The van der Waals surface area contributed by atoms with E-state index in [9.17, 15) is 4.79 Å². The molecule has 0 aromatic carbocycles. The van der Waals surface area contributed by atoms with Crippen molar-refractivity contribution < 1.29 is 4.79 Å². The molecule has 0 unspecified atom stereocenters. The maximum atomic E-state index is 11.5. The Morgan fingerprint density at radius 2 is 1.77 bits per heavy atom. The molecule has 0 amide bonds. The van der Waals surface area contributed by atoms with Crippen LogP contribution < -0.4 is 5.32 Å². The molecule has 0 saturated heterocycles. The van der Waals surface area contributed by atoms with E-state index in [0.29, 0.717) is 18.2 Å². The predicted octanol–water partition coefficient (Wildman–Crippen LogP) is 2.38. The van der Waals surface area contributed by atoms with Crippen LogP contribution in [0.4, 0.5) is 0 Å². The number of hydrogen-bond donors (Lipinski definition) is 1. The summed E-state index contributed by atoms with van der Waals surface area (Å²) in [5, 5.41) is 3.26. The van der Waals surface area contributed by atoms with Crippen molar-refractivity contribution in [3.8, 4) is 0 Å². The zero-order valence-electron chi connectivity index (χ0n) is 9.39. The first-order valence-corrected chi connectivity index (χ1v) is 5.37. The van der Waals surface area contributed by atoms with Crippen molar-refractivity contribution in [3.63, 3.8) is 0 Å². The maximum Gasteiger partial charge on any atom is 0.137 e. The second-order valence-corrected chi connectivity index (χ2v) is 3.84.